The number of nitrogens with two attached hydrogens (primary N) is 1. The van der Waals surface area contributed by atoms with Gasteiger partial charge in [0.2, 0.25) is 0 Å². The summed E-state index contributed by atoms with van der Waals surface area (Å²) in [6, 6.07) is 2.53. The molecule has 0 amide bonds. The normalized spacial score (nSPS) is 25.6. The molecule has 2 aromatic rings. The molecule has 1 aliphatic rings. The fraction of sp³-hybridized carbons (Fsp3) is 0.625. The molecule has 1 saturated carbocycles. The number of anilines is 1. The summed E-state index contributed by atoms with van der Waals surface area (Å²) in [5.41, 5.74) is 6.71. The van der Waals surface area contributed by atoms with E-state index in [9.17, 15) is 5.11 Å². The zero-order valence-electron chi connectivity index (χ0n) is 13.5. The molecule has 3 atom stereocenters. The van der Waals surface area contributed by atoms with Gasteiger partial charge >= 0.3 is 0 Å². The maximum absolute atomic E-state index is 10.5. The van der Waals surface area contributed by atoms with Gasteiger partial charge in [-0.25, -0.2) is 9.97 Å². The Labute approximate surface area is 131 Å². The van der Waals surface area contributed by atoms with Crippen molar-refractivity contribution in [3.05, 3.63) is 18.6 Å². The van der Waals surface area contributed by atoms with Crippen LogP contribution >= 0.6 is 0 Å². The lowest BCUT2D eigenvalue weighted by Crippen LogP contribution is -2.31. The van der Waals surface area contributed by atoms with Crippen molar-refractivity contribution < 1.29 is 5.11 Å². The van der Waals surface area contributed by atoms with Crippen molar-refractivity contribution in [3.63, 3.8) is 0 Å². The van der Waals surface area contributed by atoms with E-state index in [1.165, 1.54) is 6.33 Å². The van der Waals surface area contributed by atoms with E-state index in [2.05, 4.69) is 40.3 Å². The quantitative estimate of drug-likeness (QED) is 0.898. The number of fused-ring (bicyclic) bond motifs is 1. The third-order valence-corrected chi connectivity index (χ3v) is 4.92. The number of hydrogen-bond acceptors (Lipinski definition) is 5. The number of nitrogen functional groups attached to an aromatic ring is 1. The van der Waals surface area contributed by atoms with Crippen LogP contribution in [0.3, 0.4) is 0 Å². The lowest BCUT2D eigenvalue weighted by molar-refractivity contribution is 0.134. The van der Waals surface area contributed by atoms with Crippen molar-refractivity contribution in [2.75, 3.05) is 19.3 Å². The number of aliphatic hydroxyl groups excluding tert-OH is 1. The molecule has 3 N–H and O–H groups in total. The van der Waals surface area contributed by atoms with Gasteiger partial charge in [-0.2, -0.15) is 0 Å². The predicted octanol–water partition coefficient (Wildman–Crippen LogP) is 1.67. The first-order chi connectivity index (χ1) is 10.5. The van der Waals surface area contributed by atoms with E-state index < -0.39 is 0 Å². The molecule has 1 aliphatic carbocycles. The Bertz CT molecular complexity index is 653. The first-order valence-electron chi connectivity index (χ1n) is 7.92. The first-order valence-corrected chi connectivity index (χ1v) is 7.92. The maximum atomic E-state index is 10.5. The SMILES string of the molecule is CC(C)N(C)CC1CC(O)C(n2ccc3c(N)ncnc32)C1. The molecule has 22 heavy (non-hydrogen) atoms. The van der Waals surface area contributed by atoms with Crippen LogP contribution in [0.15, 0.2) is 18.6 Å². The maximum Gasteiger partial charge on any atom is 0.145 e. The van der Waals surface area contributed by atoms with E-state index >= 15 is 0 Å². The minimum absolute atomic E-state index is 0.0670. The van der Waals surface area contributed by atoms with Crippen LogP contribution in [0.1, 0.15) is 32.7 Å². The van der Waals surface area contributed by atoms with Gasteiger partial charge in [0.15, 0.2) is 0 Å². The molecule has 0 aromatic carbocycles. The fourth-order valence-corrected chi connectivity index (χ4v) is 3.42. The van der Waals surface area contributed by atoms with Crippen LogP contribution < -0.4 is 5.73 Å². The summed E-state index contributed by atoms with van der Waals surface area (Å²) in [5.74, 6) is 0.997. The minimum Gasteiger partial charge on any atom is -0.391 e. The van der Waals surface area contributed by atoms with Crippen LogP contribution in [0.2, 0.25) is 0 Å². The topological polar surface area (TPSA) is 80.2 Å². The van der Waals surface area contributed by atoms with Gasteiger partial charge in [-0.05, 0) is 45.7 Å². The third-order valence-electron chi connectivity index (χ3n) is 4.92. The highest BCUT2D eigenvalue weighted by Crippen LogP contribution is 2.37. The number of aromatic nitrogens is 3. The fourth-order valence-electron chi connectivity index (χ4n) is 3.42. The lowest BCUT2D eigenvalue weighted by Gasteiger charge is -2.24. The Morgan fingerprint density at radius 2 is 2.18 bits per heavy atom. The lowest BCUT2D eigenvalue weighted by atomic mass is 10.1. The molecule has 6 heteroatoms. The van der Waals surface area contributed by atoms with E-state index in [1.54, 1.807) is 0 Å². The Kier molecular flexibility index (Phi) is 4.06. The molecule has 2 aromatic heterocycles. The number of aliphatic hydroxyl groups is 1. The molecule has 3 unspecified atom stereocenters. The van der Waals surface area contributed by atoms with Gasteiger partial charge in [-0.15, -0.1) is 0 Å². The summed E-state index contributed by atoms with van der Waals surface area (Å²) in [5, 5.41) is 11.4. The second kappa shape index (κ2) is 5.85. The number of hydrogen-bond donors (Lipinski definition) is 2. The highest BCUT2D eigenvalue weighted by molar-refractivity contribution is 5.86. The molecule has 0 aliphatic heterocycles. The van der Waals surface area contributed by atoms with Crippen LogP contribution in [-0.2, 0) is 0 Å². The summed E-state index contributed by atoms with van der Waals surface area (Å²) in [4.78, 5) is 10.7. The minimum atomic E-state index is -0.336. The predicted molar refractivity (Wildman–Crippen MR) is 87.5 cm³/mol. The van der Waals surface area contributed by atoms with Crippen molar-refractivity contribution in [2.45, 2.75) is 44.9 Å². The average Bonchev–Trinajstić information content (AvgIpc) is 3.03. The largest absolute Gasteiger partial charge is 0.391 e. The van der Waals surface area contributed by atoms with Gasteiger partial charge in [-0.3, -0.25) is 0 Å². The van der Waals surface area contributed by atoms with Crippen LogP contribution in [0, 0.1) is 5.92 Å². The third kappa shape index (κ3) is 2.68. The van der Waals surface area contributed by atoms with Gasteiger partial charge in [0, 0.05) is 18.8 Å². The summed E-state index contributed by atoms with van der Waals surface area (Å²) in [7, 11) is 2.14. The Hall–Kier alpha value is -1.66. The average molecular weight is 303 g/mol. The molecule has 6 nitrogen and oxygen atoms in total. The van der Waals surface area contributed by atoms with Crippen LogP contribution in [0.5, 0.6) is 0 Å². The Balaban J connectivity index is 1.81. The van der Waals surface area contributed by atoms with Crippen molar-refractivity contribution >= 4 is 16.9 Å². The Morgan fingerprint density at radius 3 is 2.91 bits per heavy atom. The molecule has 0 bridgehead atoms. The van der Waals surface area contributed by atoms with E-state index in [0.29, 0.717) is 17.8 Å². The van der Waals surface area contributed by atoms with Crippen LogP contribution in [0.4, 0.5) is 5.82 Å². The highest BCUT2D eigenvalue weighted by atomic mass is 16.3. The molecule has 0 spiro atoms. The van der Waals surface area contributed by atoms with Crippen molar-refractivity contribution in [1.82, 2.24) is 19.4 Å². The van der Waals surface area contributed by atoms with Gasteiger partial charge in [0.25, 0.3) is 0 Å². The van der Waals surface area contributed by atoms with Crippen molar-refractivity contribution in [3.8, 4) is 0 Å². The standard InChI is InChI=1S/C16H25N5O/c1-10(2)20(3)8-11-6-13(14(22)7-11)21-5-4-12-15(17)18-9-19-16(12)21/h4-5,9-11,13-14,22H,6-8H2,1-3H3,(H2,17,18,19). The molecule has 120 valence electrons. The van der Waals surface area contributed by atoms with Crippen LogP contribution in [0.25, 0.3) is 11.0 Å². The zero-order chi connectivity index (χ0) is 15.9. The molecular weight excluding hydrogens is 278 g/mol. The highest BCUT2D eigenvalue weighted by Gasteiger charge is 2.35. The van der Waals surface area contributed by atoms with Crippen molar-refractivity contribution in [1.29, 1.82) is 0 Å². The van der Waals surface area contributed by atoms with Crippen LogP contribution in [-0.4, -0.2) is 50.3 Å². The second-order valence-electron chi connectivity index (χ2n) is 6.72. The van der Waals surface area contributed by atoms with E-state index in [4.69, 9.17) is 5.73 Å². The number of nitrogens with zero attached hydrogens (tertiary/aromatic N) is 4. The summed E-state index contributed by atoms with van der Waals surface area (Å²) in [6.45, 7) is 5.41. The summed E-state index contributed by atoms with van der Waals surface area (Å²) >= 11 is 0. The molecular formula is C16H25N5O. The smallest absolute Gasteiger partial charge is 0.145 e. The van der Waals surface area contributed by atoms with E-state index in [1.807, 2.05) is 12.3 Å². The van der Waals surface area contributed by atoms with E-state index in [0.717, 1.165) is 30.4 Å². The molecule has 0 saturated heterocycles. The number of rotatable bonds is 4. The monoisotopic (exact) mass is 303 g/mol. The molecule has 3 rings (SSSR count). The zero-order valence-corrected chi connectivity index (χ0v) is 13.5. The van der Waals surface area contributed by atoms with E-state index in [-0.39, 0.29) is 12.1 Å². The van der Waals surface area contributed by atoms with Gasteiger partial charge in [-0.1, -0.05) is 0 Å². The van der Waals surface area contributed by atoms with Crippen molar-refractivity contribution in [2.24, 2.45) is 5.92 Å². The van der Waals surface area contributed by atoms with Gasteiger partial charge < -0.3 is 20.3 Å². The molecule has 2 heterocycles. The second-order valence-corrected chi connectivity index (χ2v) is 6.72. The van der Waals surface area contributed by atoms with Gasteiger partial charge in [0.1, 0.15) is 17.8 Å². The Morgan fingerprint density at radius 1 is 1.41 bits per heavy atom. The molecule has 1 fully saturated rings. The summed E-state index contributed by atoms with van der Waals surface area (Å²) < 4.78 is 2.06. The molecule has 0 radical (unpaired) electrons. The summed E-state index contributed by atoms with van der Waals surface area (Å²) in [6.07, 6.45) is 4.92. The van der Waals surface area contributed by atoms with Gasteiger partial charge in [0.05, 0.1) is 17.5 Å². The first kappa shape index (κ1) is 15.2.